The largest absolute Gasteiger partial charge is 0.488 e. The van der Waals surface area contributed by atoms with Crippen molar-refractivity contribution in [1.82, 2.24) is 59.6 Å². The second kappa shape index (κ2) is 46.9. The molecule has 6 aliphatic carbocycles. The highest BCUT2D eigenvalue weighted by molar-refractivity contribution is 9.11. The number of nitrogens with two attached hydrogens (primary N) is 1. The van der Waals surface area contributed by atoms with Crippen molar-refractivity contribution in [3.8, 4) is 11.1 Å². The van der Waals surface area contributed by atoms with E-state index >= 15 is 0 Å². The number of benzene rings is 2. The van der Waals surface area contributed by atoms with Crippen LogP contribution in [0.1, 0.15) is 186 Å². The Morgan fingerprint density at radius 2 is 0.833 bits per heavy atom. The van der Waals surface area contributed by atoms with Gasteiger partial charge in [0.05, 0.1) is 8.95 Å². The second-order valence-electron chi connectivity index (χ2n) is 31.8. The summed E-state index contributed by atoms with van der Waals surface area (Å²) in [6.45, 7) is 3.29. The van der Waals surface area contributed by atoms with Gasteiger partial charge in [-0.25, -0.2) is 65.8 Å². The number of halogens is 9. The average Bonchev–Trinajstić information content (AvgIpc) is 0.802. The Morgan fingerprint density at radius 3 is 1.19 bits per heavy atom. The molecule has 23 nitrogen and oxygen atoms in total. The molecule has 0 spiro atoms. The molecule has 33 heteroatoms. The predicted octanol–water partition coefficient (Wildman–Crippen LogP) is 15.1. The normalized spacial score (nSPS) is 16.9. The SMILES string of the molecule is Clc1ncncc1Br.N[C@@H](CCN(CCCCc1ccc2c(n1)CCCC2)C1CC(F)(F)C1)C(=O)O.O=C(O)[C@H](CCN(CCCCc1ccc2c(n1)CCCC2)C1CC(F)(F)C1)Nc1ncncc1-c1ccccc1.O=C(O)[C@H](CCN(CCCCc1ccc2c(n1)CCCC2)C1CC(F)(F)C1)Nc1ncncc1Br.OB(O)c1ccccc1. The van der Waals surface area contributed by atoms with E-state index in [0.29, 0.717) is 71.6 Å². The first-order valence-electron chi connectivity index (χ1n) is 41.7. The number of anilines is 2. The fourth-order valence-electron chi connectivity index (χ4n) is 15.7. The van der Waals surface area contributed by atoms with E-state index in [9.17, 15) is 50.9 Å². The number of unbranched alkanes of at least 4 members (excludes halogenated alkanes) is 3. The maximum absolute atomic E-state index is 13.8. The molecule has 3 saturated carbocycles. The first-order chi connectivity index (χ1) is 57.6. The Hall–Kier alpha value is -8.21. The summed E-state index contributed by atoms with van der Waals surface area (Å²) in [5.74, 6) is -10.1. The first-order valence-corrected chi connectivity index (χ1v) is 43.7. The first kappa shape index (κ1) is 94.1. The maximum Gasteiger partial charge on any atom is 0.488 e. The van der Waals surface area contributed by atoms with Crippen molar-refractivity contribution in [1.29, 1.82) is 0 Å². The Morgan fingerprint density at radius 1 is 0.467 bits per heavy atom. The Bertz CT molecular complexity index is 4510. The number of rotatable bonds is 36. The molecule has 0 aliphatic heterocycles. The lowest BCUT2D eigenvalue weighted by molar-refractivity contribution is -0.140. The van der Waals surface area contributed by atoms with Gasteiger partial charge in [-0.2, -0.15) is 0 Å². The highest BCUT2D eigenvalue weighted by atomic mass is 79.9. The van der Waals surface area contributed by atoms with Gasteiger partial charge in [-0.3, -0.25) is 34.4 Å². The number of alkyl halides is 6. The number of carbonyl (C=O) groups is 3. The maximum atomic E-state index is 13.8. The molecule has 646 valence electrons. The van der Waals surface area contributed by atoms with Gasteiger partial charge in [-0.1, -0.05) is 90.5 Å². The lowest BCUT2D eigenvalue weighted by atomic mass is 9.81. The molecular formula is C87H109BBr2ClF6N15O8. The summed E-state index contributed by atoms with van der Waals surface area (Å²) >= 11 is 12.0. The van der Waals surface area contributed by atoms with Crippen LogP contribution in [0.2, 0.25) is 5.15 Å². The molecule has 8 aromatic rings. The van der Waals surface area contributed by atoms with Crippen molar-refractivity contribution in [2.45, 2.75) is 247 Å². The number of aryl methyl sites for hydroxylation is 9. The van der Waals surface area contributed by atoms with Gasteiger partial charge in [0.1, 0.15) is 53.9 Å². The summed E-state index contributed by atoms with van der Waals surface area (Å²) in [5.41, 5.74) is 18.8. The number of fused-ring (bicyclic) bond motifs is 3. The fraction of sp³-hybridized carbons (Fsp3) is 0.517. The Balaban J connectivity index is 0.000000173. The molecule has 3 fully saturated rings. The van der Waals surface area contributed by atoms with E-state index in [-0.39, 0.29) is 75.9 Å². The molecule has 0 saturated heterocycles. The van der Waals surface area contributed by atoms with E-state index in [1.54, 1.807) is 36.7 Å². The van der Waals surface area contributed by atoms with Gasteiger partial charge >= 0.3 is 25.0 Å². The van der Waals surface area contributed by atoms with Crippen molar-refractivity contribution in [3.63, 3.8) is 0 Å². The lowest BCUT2D eigenvalue weighted by Gasteiger charge is -2.43. The number of hydrogen-bond acceptors (Lipinski definition) is 20. The van der Waals surface area contributed by atoms with Crippen molar-refractivity contribution in [2.24, 2.45) is 5.73 Å². The molecular weight excluding hydrogens is 1700 g/mol. The molecule has 6 aliphatic rings. The zero-order valence-corrected chi connectivity index (χ0v) is 71.4. The minimum absolute atomic E-state index is 0.137. The molecule has 14 rings (SSSR count). The summed E-state index contributed by atoms with van der Waals surface area (Å²) < 4.78 is 82.5. The third-order valence-corrected chi connectivity index (χ3v) is 24.4. The van der Waals surface area contributed by atoms with Gasteiger partial charge in [0.25, 0.3) is 17.8 Å². The molecule has 0 bridgehead atoms. The van der Waals surface area contributed by atoms with Crippen LogP contribution in [0.25, 0.3) is 11.1 Å². The molecule has 0 amide bonds. The lowest BCUT2D eigenvalue weighted by Crippen LogP contribution is -2.52. The van der Waals surface area contributed by atoms with Crippen LogP contribution in [0.4, 0.5) is 38.0 Å². The molecule has 9 N–H and O–H groups in total. The fourth-order valence-corrected chi connectivity index (χ4v) is 16.4. The number of carboxylic acids is 3. The van der Waals surface area contributed by atoms with Crippen LogP contribution in [0.5, 0.6) is 0 Å². The van der Waals surface area contributed by atoms with Gasteiger partial charge in [0.2, 0.25) is 0 Å². The minimum Gasteiger partial charge on any atom is -0.480 e. The van der Waals surface area contributed by atoms with Crippen LogP contribution < -0.4 is 21.8 Å². The number of aliphatic carboxylic acids is 3. The van der Waals surface area contributed by atoms with Gasteiger partial charge in [0, 0.05) is 135 Å². The molecule has 0 radical (unpaired) electrons. The highest BCUT2D eigenvalue weighted by Crippen LogP contribution is 2.43. The number of nitrogens with one attached hydrogen (secondary N) is 2. The number of nitrogens with zero attached hydrogens (tertiary/aromatic N) is 12. The highest BCUT2D eigenvalue weighted by Gasteiger charge is 2.50. The zero-order valence-electron chi connectivity index (χ0n) is 67.5. The molecule has 3 atom stereocenters. The van der Waals surface area contributed by atoms with Gasteiger partial charge < -0.3 is 41.7 Å². The number of carboxylic acid groups (broad SMARTS) is 3. The Labute approximate surface area is 719 Å². The summed E-state index contributed by atoms with van der Waals surface area (Å²) in [5, 5.41) is 52.2. The van der Waals surface area contributed by atoms with Crippen LogP contribution in [0.15, 0.2) is 144 Å². The van der Waals surface area contributed by atoms with Crippen LogP contribution in [-0.2, 0) is 72.2 Å². The van der Waals surface area contributed by atoms with E-state index in [1.165, 1.54) is 97.5 Å². The topological polar surface area (TPSA) is 328 Å². The van der Waals surface area contributed by atoms with Crippen LogP contribution >= 0.6 is 43.5 Å². The van der Waals surface area contributed by atoms with Crippen LogP contribution in [-0.4, -0.2) is 203 Å². The zero-order chi connectivity index (χ0) is 85.6. The minimum atomic E-state index is -2.63. The van der Waals surface area contributed by atoms with Gasteiger partial charge in [0.15, 0.2) is 0 Å². The quantitative estimate of drug-likeness (QED) is 0.00783. The van der Waals surface area contributed by atoms with Gasteiger partial charge in [-0.15, -0.1) is 0 Å². The van der Waals surface area contributed by atoms with E-state index in [2.05, 4.69) is 109 Å². The molecule has 2 aromatic carbocycles. The van der Waals surface area contributed by atoms with Crippen molar-refractivity contribution in [2.75, 3.05) is 49.9 Å². The second-order valence-corrected chi connectivity index (χ2v) is 33.8. The summed E-state index contributed by atoms with van der Waals surface area (Å²) in [7, 11) is -1.34. The summed E-state index contributed by atoms with van der Waals surface area (Å²) in [6, 6.07) is 27.8. The summed E-state index contributed by atoms with van der Waals surface area (Å²) in [4.78, 5) is 79.3. The molecule has 0 unspecified atom stereocenters. The number of aromatic nitrogens is 9. The average molecular weight is 1810 g/mol. The standard InChI is InChI=1S/C31H37F2N5O2.C25H32BrF2N5O2.C21H31F2N3O2.C6H7BO2.C4H2BrClN2/c32-31(33)18-25(19-31)38(16-7-6-11-24-14-13-23-10-4-5-12-27(23)36-24)17-15-28(30(39)40)37-29-26(20-34-21-35-29)22-8-2-1-3-9-22;26-20-15-29-16-30-23(20)32-22(24(34)35)10-12-33(19-13-25(27,28)14-19)11-4-3-6-18-9-8-17-5-1-2-7-21(17)31-18;22-21(23)13-17(14-21)26(12-10-18(24)20(27)28)11-4-3-6-16-9-8-15-5-1-2-7-19(15)25-16;8-7(9)6-4-2-1-3-5-6;5-3-1-7-2-8-4(3)6/h1-3,8-9,13-14,20-21,25,28H,4-7,10-12,15-19H2,(H,39,40)(H,34,35,37);8-9,15-16,19,22H,1-7,10-14H2,(H,34,35)(H,29,30,32);8-9,17-18H,1-7,10-14,24H2,(H,27,28);1-5,8-9H;1-2H/t28-;22-;18-;;/m000../s1. The smallest absolute Gasteiger partial charge is 0.480 e. The summed E-state index contributed by atoms with van der Waals surface area (Å²) in [6.07, 6.45) is 30.6. The van der Waals surface area contributed by atoms with Gasteiger partial charge in [-0.05, 0) is 252 Å². The third kappa shape index (κ3) is 30.4. The monoisotopic (exact) mass is 1810 g/mol. The van der Waals surface area contributed by atoms with E-state index in [1.807, 2.05) is 51.1 Å². The van der Waals surface area contributed by atoms with E-state index in [0.717, 1.165) is 123 Å². The Kier molecular flexibility index (Phi) is 36.7. The van der Waals surface area contributed by atoms with Crippen molar-refractivity contribution < 1.29 is 66.1 Å². The predicted molar refractivity (Wildman–Crippen MR) is 458 cm³/mol. The van der Waals surface area contributed by atoms with E-state index in [4.69, 9.17) is 47.4 Å². The van der Waals surface area contributed by atoms with Crippen molar-refractivity contribution >= 4 is 85.6 Å². The van der Waals surface area contributed by atoms with Crippen molar-refractivity contribution in [3.05, 3.63) is 200 Å². The molecule has 6 heterocycles. The third-order valence-electron chi connectivity index (χ3n) is 22.7. The number of hydrogen-bond donors (Lipinski definition) is 8. The van der Waals surface area contributed by atoms with E-state index < -0.39 is 60.9 Å². The van der Waals surface area contributed by atoms with Crippen LogP contribution in [0, 0.1) is 0 Å². The molecule has 6 aromatic heterocycles. The number of pyridine rings is 3. The molecule has 120 heavy (non-hydrogen) atoms. The van der Waals surface area contributed by atoms with Crippen LogP contribution in [0.3, 0.4) is 0 Å².